The molecule has 110 valence electrons. The number of H-pyrrole nitrogens is 1. The number of halogens is 1. The standard InChI is InChI=1S/C17H13ClN2O2/c18-15-8-13(17-14(10-21)9-19-20-17)6-7-16(15)22-11-12-4-2-1-3-5-12/h1-10H,11H2,(H,19,20). The Morgan fingerprint density at radius 1 is 1.18 bits per heavy atom. The van der Waals surface area contributed by atoms with E-state index in [-0.39, 0.29) is 0 Å². The zero-order valence-corrected chi connectivity index (χ0v) is 12.4. The Hall–Kier alpha value is -2.59. The van der Waals surface area contributed by atoms with Crippen molar-refractivity contribution in [3.8, 4) is 17.0 Å². The lowest BCUT2D eigenvalue weighted by atomic mass is 10.1. The predicted molar refractivity (Wildman–Crippen MR) is 85.2 cm³/mol. The first kappa shape index (κ1) is 14.4. The highest BCUT2D eigenvalue weighted by molar-refractivity contribution is 6.32. The first-order valence-electron chi connectivity index (χ1n) is 6.73. The van der Waals surface area contributed by atoms with Gasteiger partial charge >= 0.3 is 0 Å². The summed E-state index contributed by atoms with van der Waals surface area (Å²) in [6.45, 7) is 0.448. The van der Waals surface area contributed by atoms with Crippen molar-refractivity contribution in [2.45, 2.75) is 6.61 Å². The predicted octanol–water partition coefficient (Wildman–Crippen LogP) is 4.12. The number of aromatic amines is 1. The maximum absolute atomic E-state index is 11.0. The lowest BCUT2D eigenvalue weighted by molar-refractivity contribution is 0.112. The van der Waals surface area contributed by atoms with Crippen LogP contribution in [0.1, 0.15) is 15.9 Å². The first-order chi connectivity index (χ1) is 10.8. The van der Waals surface area contributed by atoms with Gasteiger partial charge in [-0.1, -0.05) is 41.9 Å². The lowest BCUT2D eigenvalue weighted by Crippen LogP contribution is -1.96. The molecule has 0 amide bonds. The van der Waals surface area contributed by atoms with Crippen LogP contribution in [0.4, 0.5) is 0 Å². The van der Waals surface area contributed by atoms with Crippen LogP contribution in [0.15, 0.2) is 54.7 Å². The summed E-state index contributed by atoms with van der Waals surface area (Å²) in [6, 6.07) is 15.2. The molecule has 0 saturated heterocycles. The molecular formula is C17H13ClN2O2. The van der Waals surface area contributed by atoms with Gasteiger partial charge in [0.25, 0.3) is 0 Å². The fourth-order valence-electron chi connectivity index (χ4n) is 2.12. The van der Waals surface area contributed by atoms with E-state index in [1.54, 1.807) is 12.1 Å². The zero-order chi connectivity index (χ0) is 15.4. The van der Waals surface area contributed by atoms with E-state index < -0.39 is 0 Å². The molecular weight excluding hydrogens is 300 g/mol. The Bertz CT molecular complexity index is 784. The second kappa shape index (κ2) is 6.45. The van der Waals surface area contributed by atoms with E-state index in [4.69, 9.17) is 16.3 Å². The van der Waals surface area contributed by atoms with Crippen molar-refractivity contribution < 1.29 is 9.53 Å². The summed E-state index contributed by atoms with van der Waals surface area (Å²) in [5, 5.41) is 7.15. The number of benzene rings is 2. The molecule has 1 N–H and O–H groups in total. The summed E-state index contributed by atoms with van der Waals surface area (Å²) in [5.74, 6) is 0.599. The number of carbonyl (C=O) groups excluding carboxylic acids is 1. The molecule has 0 aliphatic carbocycles. The molecule has 0 aliphatic heterocycles. The molecule has 0 atom stereocenters. The third-order valence-corrected chi connectivity index (χ3v) is 3.55. The van der Waals surface area contributed by atoms with E-state index in [9.17, 15) is 4.79 Å². The number of hydrogen-bond acceptors (Lipinski definition) is 3. The molecule has 3 aromatic rings. The molecule has 0 bridgehead atoms. The van der Waals surface area contributed by atoms with E-state index in [1.807, 2.05) is 36.4 Å². The van der Waals surface area contributed by atoms with Crippen LogP contribution in [-0.4, -0.2) is 16.5 Å². The summed E-state index contributed by atoms with van der Waals surface area (Å²) >= 11 is 6.26. The third kappa shape index (κ3) is 3.02. The van der Waals surface area contributed by atoms with Gasteiger partial charge in [0.2, 0.25) is 0 Å². The van der Waals surface area contributed by atoms with Gasteiger partial charge in [-0.05, 0) is 23.8 Å². The minimum atomic E-state index is 0.448. The fourth-order valence-corrected chi connectivity index (χ4v) is 2.36. The Labute approximate surface area is 132 Å². The minimum absolute atomic E-state index is 0.448. The number of hydrogen-bond donors (Lipinski definition) is 1. The van der Waals surface area contributed by atoms with Gasteiger partial charge in [-0.15, -0.1) is 0 Å². The van der Waals surface area contributed by atoms with Crippen LogP contribution >= 0.6 is 11.6 Å². The van der Waals surface area contributed by atoms with E-state index in [1.165, 1.54) is 6.20 Å². The van der Waals surface area contributed by atoms with E-state index in [0.29, 0.717) is 28.6 Å². The van der Waals surface area contributed by atoms with Crippen LogP contribution in [-0.2, 0) is 6.61 Å². The zero-order valence-electron chi connectivity index (χ0n) is 11.6. The molecule has 4 nitrogen and oxygen atoms in total. The highest BCUT2D eigenvalue weighted by atomic mass is 35.5. The molecule has 5 heteroatoms. The summed E-state index contributed by atoms with van der Waals surface area (Å²) in [5.41, 5.74) is 3.00. The van der Waals surface area contributed by atoms with Crippen molar-refractivity contribution >= 4 is 17.9 Å². The van der Waals surface area contributed by atoms with Crippen LogP contribution in [0.2, 0.25) is 5.02 Å². The highest BCUT2D eigenvalue weighted by Gasteiger charge is 2.10. The Balaban J connectivity index is 1.79. The monoisotopic (exact) mass is 312 g/mol. The minimum Gasteiger partial charge on any atom is -0.487 e. The molecule has 0 aliphatic rings. The number of ether oxygens (including phenoxy) is 1. The van der Waals surface area contributed by atoms with Crippen molar-refractivity contribution in [3.63, 3.8) is 0 Å². The first-order valence-corrected chi connectivity index (χ1v) is 7.11. The van der Waals surface area contributed by atoms with Crippen LogP contribution in [0.5, 0.6) is 5.75 Å². The normalized spacial score (nSPS) is 10.4. The maximum atomic E-state index is 11.0. The van der Waals surface area contributed by atoms with Crippen LogP contribution in [0, 0.1) is 0 Å². The largest absolute Gasteiger partial charge is 0.487 e. The molecule has 1 heterocycles. The SMILES string of the molecule is O=Cc1cn[nH]c1-c1ccc(OCc2ccccc2)c(Cl)c1. The smallest absolute Gasteiger partial charge is 0.153 e. The highest BCUT2D eigenvalue weighted by Crippen LogP contribution is 2.31. The molecule has 0 unspecified atom stereocenters. The summed E-state index contributed by atoms with van der Waals surface area (Å²) in [6.07, 6.45) is 2.24. The summed E-state index contributed by atoms with van der Waals surface area (Å²) in [4.78, 5) is 11.0. The van der Waals surface area contributed by atoms with Gasteiger partial charge in [-0.25, -0.2) is 0 Å². The van der Waals surface area contributed by atoms with Crippen molar-refractivity contribution in [1.29, 1.82) is 0 Å². The number of nitrogens with zero attached hydrogens (tertiary/aromatic N) is 1. The Morgan fingerprint density at radius 2 is 2.00 bits per heavy atom. The van der Waals surface area contributed by atoms with Crippen molar-refractivity contribution in [3.05, 3.63) is 70.9 Å². The van der Waals surface area contributed by atoms with Gasteiger partial charge in [0.05, 0.1) is 22.5 Å². The van der Waals surface area contributed by atoms with Crippen molar-refractivity contribution in [1.82, 2.24) is 10.2 Å². The number of carbonyl (C=O) groups is 1. The molecule has 3 rings (SSSR count). The van der Waals surface area contributed by atoms with Gasteiger partial charge in [0.1, 0.15) is 12.4 Å². The van der Waals surface area contributed by atoms with E-state index in [2.05, 4.69) is 10.2 Å². The third-order valence-electron chi connectivity index (χ3n) is 3.25. The van der Waals surface area contributed by atoms with Gasteiger partial charge in [0, 0.05) is 5.56 Å². The number of rotatable bonds is 5. The second-order valence-corrected chi connectivity index (χ2v) is 5.14. The average molecular weight is 313 g/mol. The van der Waals surface area contributed by atoms with Crippen LogP contribution in [0.25, 0.3) is 11.3 Å². The second-order valence-electron chi connectivity index (χ2n) is 4.74. The molecule has 22 heavy (non-hydrogen) atoms. The van der Waals surface area contributed by atoms with Gasteiger partial charge < -0.3 is 4.74 Å². The molecule has 0 spiro atoms. The van der Waals surface area contributed by atoms with E-state index in [0.717, 1.165) is 17.4 Å². The fraction of sp³-hybridized carbons (Fsp3) is 0.0588. The van der Waals surface area contributed by atoms with Crippen molar-refractivity contribution in [2.75, 3.05) is 0 Å². The molecule has 0 radical (unpaired) electrons. The topological polar surface area (TPSA) is 55.0 Å². The Kier molecular flexibility index (Phi) is 4.21. The average Bonchev–Trinajstić information content (AvgIpc) is 3.03. The number of nitrogens with one attached hydrogen (secondary N) is 1. The van der Waals surface area contributed by atoms with Gasteiger partial charge in [-0.3, -0.25) is 9.89 Å². The number of aldehydes is 1. The van der Waals surface area contributed by atoms with Crippen LogP contribution in [0.3, 0.4) is 0 Å². The van der Waals surface area contributed by atoms with Crippen molar-refractivity contribution in [2.24, 2.45) is 0 Å². The van der Waals surface area contributed by atoms with Crippen LogP contribution < -0.4 is 4.74 Å². The molecule has 0 fully saturated rings. The number of aromatic nitrogens is 2. The lowest BCUT2D eigenvalue weighted by Gasteiger charge is -2.09. The van der Waals surface area contributed by atoms with Gasteiger partial charge in [-0.2, -0.15) is 5.10 Å². The molecule has 2 aromatic carbocycles. The van der Waals surface area contributed by atoms with Gasteiger partial charge in [0.15, 0.2) is 6.29 Å². The quantitative estimate of drug-likeness (QED) is 0.721. The maximum Gasteiger partial charge on any atom is 0.153 e. The summed E-state index contributed by atoms with van der Waals surface area (Å²) in [7, 11) is 0. The van der Waals surface area contributed by atoms with E-state index >= 15 is 0 Å². The summed E-state index contributed by atoms with van der Waals surface area (Å²) < 4.78 is 5.72. The molecule has 1 aromatic heterocycles. The Morgan fingerprint density at radius 3 is 2.73 bits per heavy atom. The molecule has 0 saturated carbocycles.